The third kappa shape index (κ3) is 1.77. The van der Waals surface area contributed by atoms with E-state index in [4.69, 9.17) is 5.73 Å². The molecular weight excluding hydrogens is 184 g/mol. The Balaban J connectivity index is 2.33. The molecule has 0 spiro atoms. The van der Waals surface area contributed by atoms with Gasteiger partial charge in [0.05, 0.1) is 0 Å². The number of hydrogen-bond acceptors (Lipinski definition) is 1. The number of benzene rings is 1. The van der Waals surface area contributed by atoms with E-state index in [-0.39, 0.29) is 11.6 Å². The van der Waals surface area contributed by atoms with E-state index < -0.39 is 6.43 Å². The van der Waals surface area contributed by atoms with E-state index in [1.165, 1.54) is 11.6 Å². The van der Waals surface area contributed by atoms with Crippen LogP contribution in [-0.4, -0.2) is 6.04 Å². The molecule has 76 valence electrons. The standard InChI is InChI=1S/C11H13F2N/c12-11(13)8-2-1-7-3-4-10(14)6-9(7)5-8/h1-2,5,10-11H,3-4,6,14H2/t10-/m0/s1. The number of halogens is 2. The van der Waals surface area contributed by atoms with Crippen LogP contribution in [-0.2, 0) is 12.8 Å². The predicted octanol–water partition coefficient (Wildman–Crippen LogP) is 2.44. The van der Waals surface area contributed by atoms with Crippen molar-refractivity contribution in [2.24, 2.45) is 5.73 Å². The minimum atomic E-state index is -2.38. The lowest BCUT2D eigenvalue weighted by atomic mass is 9.88. The van der Waals surface area contributed by atoms with Crippen LogP contribution in [0.3, 0.4) is 0 Å². The molecule has 0 bridgehead atoms. The highest BCUT2D eigenvalue weighted by Crippen LogP contribution is 2.26. The van der Waals surface area contributed by atoms with Gasteiger partial charge in [0.1, 0.15) is 0 Å². The first kappa shape index (κ1) is 9.59. The van der Waals surface area contributed by atoms with Gasteiger partial charge < -0.3 is 5.73 Å². The van der Waals surface area contributed by atoms with Crippen LogP contribution in [0.15, 0.2) is 18.2 Å². The molecule has 1 nitrogen and oxygen atoms in total. The molecule has 1 atom stereocenters. The monoisotopic (exact) mass is 197 g/mol. The smallest absolute Gasteiger partial charge is 0.263 e. The summed E-state index contributed by atoms with van der Waals surface area (Å²) in [6, 6.07) is 5.05. The van der Waals surface area contributed by atoms with E-state index in [2.05, 4.69) is 0 Å². The van der Waals surface area contributed by atoms with Gasteiger partial charge in [-0.25, -0.2) is 8.78 Å². The molecule has 0 fully saturated rings. The van der Waals surface area contributed by atoms with E-state index in [9.17, 15) is 8.78 Å². The van der Waals surface area contributed by atoms with Gasteiger partial charge >= 0.3 is 0 Å². The van der Waals surface area contributed by atoms with Crippen molar-refractivity contribution in [2.75, 3.05) is 0 Å². The molecule has 0 amide bonds. The van der Waals surface area contributed by atoms with Crippen LogP contribution in [0.2, 0.25) is 0 Å². The first-order valence-corrected chi connectivity index (χ1v) is 4.82. The molecule has 0 saturated carbocycles. The molecule has 0 heterocycles. The maximum Gasteiger partial charge on any atom is 0.263 e. The quantitative estimate of drug-likeness (QED) is 0.735. The summed E-state index contributed by atoms with van der Waals surface area (Å²) in [6.45, 7) is 0. The van der Waals surface area contributed by atoms with Crippen molar-refractivity contribution in [2.45, 2.75) is 31.7 Å². The van der Waals surface area contributed by atoms with Crippen LogP contribution in [0.4, 0.5) is 8.78 Å². The van der Waals surface area contributed by atoms with Gasteiger partial charge in [0, 0.05) is 11.6 Å². The molecule has 1 aliphatic carbocycles. The third-order valence-corrected chi connectivity index (χ3v) is 2.75. The highest BCUT2D eigenvalue weighted by atomic mass is 19.3. The lowest BCUT2D eigenvalue weighted by molar-refractivity contribution is 0.151. The Morgan fingerprint density at radius 3 is 2.79 bits per heavy atom. The fourth-order valence-electron chi connectivity index (χ4n) is 1.94. The van der Waals surface area contributed by atoms with Crippen molar-refractivity contribution in [1.82, 2.24) is 0 Å². The van der Waals surface area contributed by atoms with Crippen LogP contribution >= 0.6 is 0 Å². The highest BCUT2D eigenvalue weighted by molar-refractivity contribution is 5.35. The number of hydrogen-bond donors (Lipinski definition) is 1. The topological polar surface area (TPSA) is 26.0 Å². The van der Waals surface area contributed by atoms with Crippen molar-refractivity contribution in [3.63, 3.8) is 0 Å². The van der Waals surface area contributed by atoms with Gasteiger partial charge in [-0.15, -0.1) is 0 Å². The van der Waals surface area contributed by atoms with Crippen molar-refractivity contribution in [3.8, 4) is 0 Å². The second-order valence-corrected chi connectivity index (χ2v) is 3.83. The Bertz CT molecular complexity index is 336. The van der Waals surface area contributed by atoms with Crippen molar-refractivity contribution in [1.29, 1.82) is 0 Å². The van der Waals surface area contributed by atoms with E-state index in [1.54, 1.807) is 6.07 Å². The zero-order valence-electron chi connectivity index (χ0n) is 7.84. The minimum absolute atomic E-state index is 0.109. The fourth-order valence-corrected chi connectivity index (χ4v) is 1.94. The van der Waals surface area contributed by atoms with Gasteiger partial charge in [0.2, 0.25) is 0 Å². The summed E-state index contributed by atoms with van der Waals surface area (Å²) < 4.78 is 24.8. The Hall–Kier alpha value is -0.960. The maximum absolute atomic E-state index is 12.4. The molecule has 0 unspecified atom stereocenters. The number of nitrogens with two attached hydrogens (primary N) is 1. The largest absolute Gasteiger partial charge is 0.327 e. The summed E-state index contributed by atoms with van der Waals surface area (Å²) in [7, 11) is 0. The molecule has 2 rings (SSSR count). The molecule has 14 heavy (non-hydrogen) atoms. The van der Waals surface area contributed by atoms with Gasteiger partial charge in [-0.3, -0.25) is 0 Å². The first-order chi connectivity index (χ1) is 6.66. The molecule has 1 aliphatic rings. The van der Waals surface area contributed by atoms with Crippen molar-refractivity contribution >= 4 is 0 Å². The molecule has 0 radical (unpaired) electrons. The summed E-state index contributed by atoms with van der Waals surface area (Å²) in [4.78, 5) is 0. The Kier molecular flexibility index (Phi) is 2.50. The number of alkyl halides is 2. The lowest BCUT2D eigenvalue weighted by Crippen LogP contribution is -2.27. The van der Waals surface area contributed by atoms with Crippen LogP contribution < -0.4 is 5.73 Å². The van der Waals surface area contributed by atoms with Gasteiger partial charge in [0.15, 0.2) is 0 Å². The van der Waals surface area contributed by atoms with Crippen molar-refractivity contribution < 1.29 is 8.78 Å². The summed E-state index contributed by atoms with van der Waals surface area (Å²) in [5.74, 6) is 0. The maximum atomic E-state index is 12.4. The third-order valence-electron chi connectivity index (χ3n) is 2.75. The zero-order valence-corrected chi connectivity index (χ0v) is 7.84. The number of rotatable bonds is 1. The second kappa shape index (κ2) is 3.65. The van der Waals surface area contributed by atoms with E-state index >= 15 is 0 Å². The van der Waals surface area contributed by atoms with Crippen molar-refractivity contribution in [3.05, 3.63) is 34.9 Å². The van der Waals surface area contributed by atoms with Crippen LogP contribution in [0.5, 0.6) is 0 Å². The lowest BCUT2D eigenvalue weighted by Gasteiger charge is -2.21. The summed E-state index contributed by atoms with van der Waals surface area (Å²) in [5, 5.41) is 0. The molecule has 1 aromatic carbocycles. The SMILES string of the molecule is N[C@H]1CCc2ccc(C(F)F)cc2C1. The Labute approximate surface area is 81.9 Å². The first-order valence-electron chi connectivity index (χ1n) is 4.82. The highest BCUT2D eigenvalue weighted by Gasteiger charge is 2.17. The Morgan fingerprint density at radius 1 is 1.29 bits per heavy atom. The van der Waals surface area contributed by atoms with Gasteiger partial charge in [-0.05, 0) is 36.5 Å². The average molecular weight is 197 g/mol. The normalized spacial score (nSPS) is 21.0. The molecular formula is C11H13F2N. The van der Waals surface area contributed by atoms with E-state index in [1.807, 2.05) is 6.07 Å². The van der Waals surface area contributed by atoms with Gasteiger partial charge in [-0.2, -0.15) is 0 Å². The minimum Gasteiger partial charge on any atom is -0.327 e. The molecule has 0 aliphatic heterocycles. The molecule has 3 heteroatoms. The number of aryl methyl sites for hydroxylation is 1. The summed E-state index contributed by atoms with van der Waals surface area (Å²) in [6.07, 6.45) is 0.232. The van der Waals surface area contributed by atoms with Crippen LogP contribution in [0.25, 0.3) is 0 Å². The van der Waals surface area contributed by atoms with Crippen LogP contribution in [0, 0.1) is 0 Å². The average Bonchev–Trinajstić information content (AvgIpc) is 2.16. The van der Waals surface area contributed by atoms with Gasteiger partial charge in [0.25, 0.3) is 6.43 Å². The fraction of sp³-hybridized carbons (Fsp3) is 0.455. The van der Waals surface area contributed by atoms with Crippen LogP contribution in [0.1, 0.15) is 29.5 Å². The second-order valence-electron chi connectivity index (χ2n) is 3.83. The molecule has 1 aromatic rings. The summed E-state index contributed by atoms with van der Waals surface area (Å²) in [5.41, 5.74) is 8.08. The predicted molar refractivity (Wildman–Crippen MR) is 51.4 cm³/mol. The molecule has 0 aromatic heterocycles. The zero-order chi connectivity index (χ0) is 10.1. The molecule has 0 saturated heterocycles. The van der Waals surface area contributed by atoms with E-state index in [0.717, 1.165) is 24.8 Å². The van der Waals surface area contributed by atoms with Gasteiger partial charge in [-0.1, -0.05) is 12.1 Å². The number of fused-ring (bicyclic) bond motifs is 1. The Morgan fingerprint density at radius 2 is 2.07 bits per heavy atom. The van der Waals surface area contributed by atoms with E-state index in [0.29, 0.717) is 0 Å². The molecule has 2 N–H and O–H groups in total. The summed E-state index contributed by atoms with van der Waals surface area (Å²) >= 11 is 0.